The Morgan fingerprint density at radius 2 is 1.28 bits per heavy atom. The van der Waals surface area contributed by atoms with E-state index in [1.165, 1.54) is 0 Å². The first-order chi connectivity index (χ1) is 19.3. The van der Waals surface area contributed by atoms with Crippen molar-refractivity contribution in [1.29, 1.82) is 0 Å². The van der Waals surface area contributed by atoms with Crippen molar-refractivity contribution < 1.29 is 14.2 Å². The molecule has 0 saturated carbocycles. The van der Waals surface area contributed by atoms with Crippen LogP contribution in [-0.4, -0.2) is 57.1 Å². The lowest BCUT2D eigenvalue weighted by molar-refractivity contribution is -0.204. The monoisotopic (exact) mass is 524 g/mol. The number of likely N-dealkylation sites (tertiary alicyclic amines) is 1. The van der Waals surface area contributed by atoms with Gasteiger partial charge in [-0.25, -0.2) is 4.98 Å². The Morgan fingerprint density at radius 1 is 0.744 bits per heavy atom. The number of ether oxygens (including phenoxy) is 3. The predicted molar refractivity (Wildman–Crippen MR) is 151 cm³/mol. The van der Waals surface area contributed by atoms with Gasteiger partial charge in [-0.05, 0) is 16.7 Å². The van der Waals surface area contributed by atoms with Gasteiger partial charge in [0.15, 0.2) is 0 Å². The second-order valence-electron chi connectivity index (χ2n) is 9.78. The number of piperidine rings is 1. The Balaban J connectivity index is 1.44. The van der Waals surface area contributed by atoms with Crippen LogP contribution in [-0.2, 0) is 40.6 Å². The molecule has 0 spiro atoms. The quantitative estimate of drug-likeness (QED) is 0.232. The minimum absolute atomic E-state index is 0.0224. The van der Waals surface area contributed by atoms with Crippen molar-refractivity contribution in [2.24, 2.45) is 0 Å². The van der Waals surface area contributed by atoms with E-state index in [1.54, 1.807) is 12.7 Å². The van der Waals surface area contributed by atoms with E-state index in [1.807, 2.05) is 65.4 Å². The maximum absolute atomic E-state index is 6.75. The van der Waals surface area contributed by atoms with E-state index in [0.29, 0.717) is 39.5 Å². The van der Waals surface area contributed by atoms with Crippen molar-refractivity contribution in [3.63, 3.8) is 0 Å². The summed E-state index contributed by atoms with van der Waals surface area (Å²) in [5.74, 6) is 0. The van der Waals surface area contributed by atoms with Crippen LogP contribution in [0.5, 0.6) is 0 Å². The van der Waals surface area contributed by atoms with Crippen LogP contribution >= 0.6 is 0 Å². The molecule has 2 heterocycles. The SMILES string of the molecule is C=CCN1CC(OCc2ccccc2)C(OCc2ccccc2)C(OCc2ccccc2)C1Cn1cncn1. The van der Waals surface area contributed by atoms with E-state index in [-0.39, 0.29) is 24.4 Å². The highest BCUT2D eigenvalue weighted by Crippen LogP contribution is 2.29. The van der Waals surface area contributed by atoms with Gasteiger partial charge in [0.1, 0.15) is 24.9 Å². The summed E-state index contributed by atoms with van der Waals surface area (Å²) < 4.78 is 21.9. The van der Waals surface area contributed by atoms with Crippen LogP contribution in [0.2, 0.25) is 0 Å². The molecule has 1 aromatic heterocycles. The summed E-state index contributed by atoms with van der Waals surface area (Å²) in [6.45, 7) is 7.46. The molecule has 4 unspecified atom stereocenters. The normalized spacial score (nSPS) is 21.5. The van der Waals surface area contributed by atoms with E-state index in [4.69, 9.17) is 14.2 Å². The van der Waals surface area contributed by atoms with E-state index in [2.05, 4.69) is 58.0 Å². The van der Waals surface area contributed by atoms with Crippen LogP contribution in [0.3, 0.4) is 0 Å². The molecular formula is C32H36N4O3. The van der Waals surface area contributed by atoms with E-state index >= 15 is 0 Å². The van der Waals surface area contributed by atoms with E-state index in [0.717, 1.165) is 16.7 Å². The smallest absolute Gasteiger partial charge is 0.137 e. The molecule has 0 bridgehead atoms. The zero-order valence-electron chi connectivity index (χ0n) is 22.2. The molecule has 0 aliphatic carbocycles. The van der Waals surface area contributed by atoms with E-state index < -0.39 is 0 Å². The molecule has 0 radical (unpaired) electrons. The molecule has 1 fully saturated rings. The van der Waals surface area contributed by atoms with Gasteiger partial charge in [0, 0.05) is 13.1 Å². The van der Waals surface area contributed by atoms with Gasteiger partial charge >= 0.3 is 0 Å². The Hall–Kier alpha value is -3.62. The minimum Gasteiger partial charge on any atom is -0.369 e. The summed E-state index contributed by atoms with van der Waals surface area (Å²) in [4.78, 5) is 6.53. The number of hydrogen-bond donors (Lipinski definition) is 0. The molecule has 202 valence electrons. The first kappa shape index (κ1) is 27.0. The molecule has 4 aromatic rings. The van der Waals surface area contributed by atoms with Gasteiger partial charge < -0.3 is 14.2 Å². The maximum atomic E-state index is 6.75. The average molecular weight is 525 g/mol. The standard InChI is InChI=1S/C32H36N4O3/c1-2-18-35-20-30(37-21-26-12-6-3-7-13-26)32(39-23-28-16-10-5-11-17-28)31(29(35)19-36-25-33-24-34-36)38-22-27-14-8-4-9-15-27/h2-17,24-25,29-32H,1,18-23H2. The number of rotatable bonds is 13. The first-order valence-electron chi connectivity index (χ1n) is 13.4. The van der Waals surface area contributed by atoms with Crippen LogP contribution in [0.4, 0.5) is 0 Å². The van der Waals surface area contributed by atoms with Gasteiger partial charge in [-0.3, -0.25) is 9.58 Å². The highest BCUT2D eigenvalue weighted by Gasteiger charge is 2.46. The number of nitrogens with zero attached hydrogens (tertiary/aromatic N) is 4. The van der Waals surface area contributed by atoms with Crippen molar-refractivity contribution >= 4 is 0 Å². The maximum Gasteiger partial charge on any atom is 0.137 e. The van der Waals surface area contributed by atoms with Gasteiger partial charge in [0.2, 0.25) is 0 Å². The third-order valence-electron chi connectivity index (χ3n) is 7.03. The van der Waals surface area contributed by atoms with Crippen molar-refractivity contribution in [3.05, 3.63) is 133 Å². The van der Waals surface area contributed by atoms with Crippen LogP contribution in [0, 0.1) is 0 Å². The van der Waals surface area contributed by atoms with E-state index in [9.17, 15) is 0 Å². The topological polar surface area (TPSA) is 61.6 Å². The molecule has 1 aliphatic rings. The molecule has 0 N–H and O–H groups in total. The third-order valence-corrected chi connectivity index (χ3v) is 7.03. The molecule has 39 heavy (non-hydrogen) atoms. The Kier molecular flexibility index (Phi) is 9.65. The van der Waals surface area contributed by atoms with Crippen LogP contribution in [0.25, 0.3) is 0 Å². The Bertz CT molecular complexity index is 1240. The lowest BCUT2D eigenvalue weighted by atomic mass is 9.92. The van der Waals surface area contributed by atoms with Crippen molar-refractivity contribution in [3.8, 4) is 0 Å². The lowest BCUT2D eigenvalue weighted by Crippen LogP contribution is -2.64. The molecule has 5 rings (SSSR count). The second kappa shape index (κ2) is 14.0. The fourth-order valence-electron chi connectivity index (χ4n) is 5.09. The zero-order valence-corrected chi connectivity index (χ0v) is 22.2. The van der Waals surface area contributed by atoms with Crippen LogP contribution < -0.4 is 0 Å². The van der Waals surface area contributed by atoms with Gasteiger partial charge in [0.25, 0.3) is 0 Å². The van der Waals surface area contributed by atoms with Gasteiger partial charge in [-0.2, -0.15) is 5.10 Å². The summed E-state index contributed by atoms with van der Waals surface area (Å²) >= 11 is 0. The summed E-state index contributed by atoms with van der Waals surface area (Å²) in [6.07, 6.45) is 4.46. The minimum atomic E-state index is -0.299. The summed E-state index contributed by atoms with van der Waals surface area (Å²) in [5, 5.41) is 4.40. The molecule has 4 atom stereocenters. The van der Waals surface area contributed by atoms with Gasteiger partial charge in [-0.1, -0.05) is 97.1 Å². The van der Waals surface area contributed by atoms with Crippen LogP contribution in [0.1, 0.15) is 16.7 Å². The number of aromatic nitrogens is 3. The number of benzene rings is 3. The molecule has 1 saturated heterocycles. The molecule has 7 heteroatoms. The molecule has 7 nitrogen and oxygen atoms in total. The summed E-state index contributed by atoms with van der Waals surface area (Å²) in [5.41, 5.74) is 3.35. The largest absolute Gasteiger partial charge is 0.369 e. The van der Waals surface area contributed by atoms with Gasteiger partial charge in [-0.15, -0.1) is 6.58 Å². The molecule has 1 aliphatic heterocycles. The first-order valence-corrected chi connectivity index (χ1v) is 13.4. The highest BCUT2D eigenvalue weighted by atomic mass is 16.6. The highest BCUT2D eigenvalue weighted by molar-refractivity contribution is 5.16. The third kappa shape index (κ3) is 7.49. The Morgan fingerprint density at radius 3 is 1.79 bits per heavy atom. The molecular weight excluding hydrogens is 488 g/mol. The Labute approximate surface area is 230 Å². The van der Waals surface area contributed by atoms with Gasteiger partial charge in [0.05, 0.1) is 38.5 Å². The average Bonchev–Trinajstić information content (AvgIpc) is 3.50. The fourth-order valence-corrected chi connectivity index (χ4v) is 5.09. The van der Waals surface area contributed by atoms with Crippen molar-refractivity contribution in [2.75, 3.05) is 13.1 Å². The lowest BCUT2D eigenvalue weighted by Gasteiger charge is -2.48. The van der Waals surface area contributed by atoms with Crippen LogP contribution in [0.15, 0.2) is 116 Å². The summed E-state index contributed by atoms with van der Waals surface area (Å²) in [7, 11) is 0. The molecule has 3 aromatic carbocycles. The number of hydrogen-bond acceptors (Lipinski definition) is 6. The van der Waals surface area contributed by atoms with Crippen molar-refractivity contribution in [2.45, 2.75) is 50.7 Å². The second-order valence-corrected chi connectivity index (χ2v) is 9.78. The zero-order chi connectivity index (χ0) is 26.7. The molecule has 0 amide bonds. The predicted octanol–water partition coefficient (Wildman–Crippen LogP) is 4.90. The fraction of sp³-hybridized carbons (Fsp3) is 0.312. The summed E-state index contributed by atoms with van der Waals surface area (Å²) in [6, 6.07) is 30.7. The van der Waals surface area contributed by atoms with Crippen molar-refractivity contribution in [1.82, 2.24) is 19.7 Å².